The molecule has 4 rings (SSSR count). The summed E-state index contributed by atoms with van der Waals surface area (Å²) in [5.74, 6) is 0.428. The van der Waals surface area contributed by atoms with Gasteiger partial charge >= 0.3 is 0 Å². The molecule has 0 saturated carbocycles. The average molecular weight is 346 g/mol. The highest BCUT2D eigenvalue weighted by Gasteiger charge is 2.26. The number of aromatic nitrogens is 3. The van der Waals surface area contributed by atoms with Crippen molar-refractivity contribution < 1.29 is 4.79 Å². The van der Waals surface area contributed by atoms with Crippen molar-refractivity contribution in [3.63, 3.8) is 0 Å². The van der Waals surface area contributed by atoms with E-state index in [-0.39, 0.29) is 5.91 Å². The van der Waals surface area contributed by atoms with Gasteiger partial charge in [0.2, 0.25) is 0 Å². The van der Waals surface area contributed by atoms with Crippen molar-refractivity contribution in [1.29, 1.82) is 0 Å². The highest BCUT2D eigenvalue weighted by Crippen LogP contribution is 2.25. The Labute approximate surface area is 153 Å². The summed E-state index contributed by atoms with van der Waals surface area (Å²) in [6.07, 6.45) is 10.2. The lowest BCUT2D eigenvalue weighted by Crippen LogP contribution is -2.40. The van der Waals surface area contributed by atoms with Crippen LogP contribution in [0.1, 0.15) is 34.6 Å². The van der Waals surface area contributed by atoms with Gasteiger partial charge in [0.15, 0.2) is 0 Å². The number of pyridine rings is 1. The van der Waals surface area contributed by atoms with Gasteiger partial charge in [-0.3, -0.25) is 14.8 Å². The molecule has 26 heavy (non-hydrogen) atoms. The summed E-state index contributed by atoms with van der Waals surface area (Å²) < 4.78 is 0. The van der Waals surface area contributed by atoms with Crippen molar-refractivity contribution in [2.45, 2.75) is 26.2 Å². The van der Waals surface area contributed by atoms with Crippen LogP contribution in [0.5, 0.6) is 0 Å². The number of likely N-dealkylation sites (tertiary alicyclic amines) is 1. The lowest BCUT2D eigenvalue weighted by Gasteiger charge is -2.32. The summed E-state index contributed by atoms with van der Waals surface area (Å²) in [6, 6.07) is 8.36. The van der Waals surface area contributed by atoms with Crippen LogP contribution in [-0.2, 0) is 6.42 Å². The summed E-state index contributed by atoms with van der Waals surface area (Å²) in [6.45, 7) is 3.42. The molecule has 1 fully saturated rings. The molecule has 1 amide bonds. The molecule has 132 valence electrons. The van der Waals surface area contributed by atoms with Crippen LogP contribution in [0.2, 0.25) is 0 Å². The van der Waals surface area contributed by atoms with E-state index in [2.05, 4.69) is 33.2 Å². The number of piperidine rings is 1. The molecule has 1 saturated heterocycles. The second-order valence-electron chi connectivity index (χ2n) is 7.03. The number of aryl methyl sites for hydroxylation is 1. The molecule has 1 aromatic carbocycles. The number of rotatable bonds is 3. The van der Waals surface area contributed by atoms with Gasteiger partial charge < -0.3 is 4.90 Å². The Morgan fingerprint density at radius 1 is 1.15 bits per heavy atom. The van der Waals surface area contributed by atoms with Crippen molar-refractivity contribution in [3.05, 3.63) is 66.0 Å². The van der Waals surface area contributed by atoms with Crippen molar-refractivity contribution in [1.82, 2.24) is 19.9 Å². The quantitative estimate of drug-likeness (QED) is 0.729. The fourth-order valence-electron chi connectivity index (χ4n) is 3.73. The summed E-state index contributed by atoms with van der Waals surface area (Å²) in [4.78, 5) is 27.5. The van der Waals surface area contributed by atoms with Gasteiger partial charge in [-0.15, -0.1) is 0 Å². The molecule has 5 heteroatoms. The molecule has 3 aromatic rings. The molecule has 1 aliphatic heterocycles. The minimum atomic E-state index is -0.0155. The van der Waals surface area contributed by atoms with Crippen molar-refractivity contribution in [2.75, 3.05) is 13.1 Å². The predicted octanol–water partition coefficient (Wildman–Crippen LogP) is 3.43. The first kappa shape index (κ1) is 16.6. The van der Waals surface area contributed by atoms with Crippen molar-refractivity contribution in [2.24, 2.45) is 5.92 Å². The van der Waals surface area contributed by atoms with Gasteiger partial charge in [0.25, 0.3) is 5.91 Å². The number of hydrogen-bond donors (Lipinski definition) is 0. The van der Waals surface area contributed by atoms with Gasteiger partial charge in [0.1, 0.15) is 5.69 Å². The number of fused-ring (bicyclic) bond motifs is 1. The Balaban J connectivity index is 1.50. The molecule has 0 aliphatic carbocycles. The van der Waals surface area contributed by atoms with Crippen LogP contribution in [0.25, 0.3) is 10.8 Å². The number of hydrogen-bond acceptors (Lipinski definition) is 4. The van der Waals surface area contributed by atoms with E-state index in [1.807, 2.05) is 30.3 Å². The van der Waals surface area contributed by atoms with Crippen LogP contribution >= 0.6 is 0 Å². The minimum absolute atomic E-state index is 0.0155. The minimum Gasteiger partial charge on any atom is -0.337 e. The zero-order chi connectivity index (χ0) is 17.9. The smallest absolute Gasteiger partial charge is 0.274 e. The van der Waals surface area contributed by atoms with Crippen LogP contribution < -0.4 is 0 Å². The molecular formula is C21H22N4O. The van der Waals surface area contributed by atoms with E-state index in [1.165, 1.54) is 16.3 Å². The third kappa shape index (κ3) is 3.43. The molecule has 0 unspecified atom stereocenters. The van der Waals surface area contributed by atoms with Crippen molar-refractivity contribution >= 4 is 16.7 Å². The molecule has 0 radical (unpaired) electrons. The average Bonchev–Trinajstić information content (AvgIpc) is 2.69. The van der Waals surface area contributed by atoms with Gasteiger partial charge in [-0.05, 0) is 43.1 Å². The molecule has 0 spiro atoms. The second-order valence-corrected chi connectivity index (χ2v) is 7.03. The van der Waals surface area contributed by atoms with Crippen LogP contribution in [0.4, 0.5) is 0 Å². The SMILES string of the molecule is Cc1cnc(C(=O)N2CCC[C@@H](Cc3cncc4ccccc34)C2)cn1. The number of benzene rings is 1. The molecule has 1 atom stereocenters. The second kappa shape index (κ2) is 7.20. The number of carbonyl (C=O) groups excluding carboxylic acids is 1. The molecule has 1 aliphatic rings. The number of carbonyl (C=O) groups is 1. The van der Waals surface area contributed by atoms with E-state index in [4.69, 9.17) is 0 Å². The van der Waals surface area contributed by atoms with Gasteiger partial charge in [-0.2, -0.15) is 0 Å². The molecule has 3 heterocycles. The highest BCUT2D eigenvalue weighted by atomic mass is 16.2. The third-order valence-electron chi connectivity index (χ3n) is 5.07. The maximum Gasteiger partial charge on any atom is 0.274 e. The first-order valence-electron chi connectivity index (χ1n) is 9.10. The standard InChI is InChI=1S/C21H22N4O/c1-15-10-24-20(13-23-15)21(26)25-8-4-5-16(14-25)9-18-12-22-11-17-6-2-3-7-19(17)18/h2-3,6-7,10-13,16H,4-5,8-9,14H2,1H3/t16-/m0/s1. The van der Waals surface area contributed by atoms with E-state index in [9.17, 15) is 4.79 Å². The lowest BCUT2D eigenvalue weighted by molar-refractivity contribution is 0.0667. The predicted molar refractivity (Wildman–Crippen MR) is 101 cm³/mol. The Bertz CT molecular complexity index is 917. The van der Waals surface area contributed by atoms with E-state index >= 15 is 0 Å². The van der Waals surface area contributed by atoms with Gasteiger partial charge in [-0.25, -0.2) is 4.98 Å². The molecular weight excluding hydrogens is 324 g/mol. The normalized spacial score (nSPS) is 17.4. The Kier molecular flexibility index (Phi) is 4.61. The van der Waals surface area contributed by atoms with Crippen molar-refractivity contribution in [3.8, 4) is 0 Å². The zero-order valence-corrected chi connectivity index (χ0v) is 14.9. The largest absolute Gasteiger partial charge is 0.337 e. The Morgan fingerprint density at radius 2 is 2.04 bits per heavy atom. The van der Waals surface area contributed by atoms with E-state index < -0.39 is 0 Å². The van der Waals surface area contributed by atoms with E-state index in [0.717, 1.165) is 38.0 Å². The van der Waals surface area contributed by atoms with Crippen LogP contribution in [0.15, 0.2) is 49.1 Å². The molecule has 2 aromatic heterocycles. The van der Waals surface area contributed by atoms with E-state index in [0.29, 0.717) is 11.6 Å². The Hall–Kier alpha value is -2.82. The number of nitrogens with zero attached hydrogens (tertiary/aromatic N) is 4. The van der Waals surface area contributed by atoms with Crippen LogP contribution in [-0.4, -0.2) is 38.8 Å². The topological polar surface area (TPSA) is 59.0 Å². The van der Waals surface area contributed by atoms with E-state index in [1.54, 1.807) is 12.4 Å². The summed E-state index contributed by atoms with van der Waals surface area (Å²) in [5, 5.41) is 2.43. The summed E-state index contributed by atoms with van der Waals surface area (Å²) >= 11 is 0. The fourth-order valence-corrected chi connectivity index (χ4v) is 3.73. The van der Waals surface area contributed by atoms with Gasteiger partial charge in [0.05, 0.1) is 11.9 Å². The molecule has 0 N–H and O–H groups in total. The van der Waals surface area contributed by atoms with Gasteiger partial charge in [-0.1, -0.05) is 24.3 Å². The number of amides is 1. The zero-order valence-electron chi connectivity index (χ0n) is 14.9. The monoisotopic (exact) mass is 346 g/mol. The third-order valence-corrected chi connectivity index (χ3v) is 5.07. The van der Waals surface area contributed by atoms with Gasteiger partial charge in [0, 0.05) is 37.1 Å². The summed E-state index contributed by atoms with van der Waals surface area (Å²) in [5.41, 5.74) is 2.52. The maximum absolute atomic E-state index is 12.7. The lowest BCUT2D eigenvalue weighted by atomic mass is 9.90. The molecule has 0 bridgehead atoms. The Morgan fingerprint density at radius 3 is 2.88 bits per heavy atom. The summed E-state index contributed by atoms with van der Waals surface area (Å²) in [7, 11) is 0. The van der Waals surface area contributed by atoms with Crippen LogP contribution in [0, 0.1) is 12.8 Å². The maximum atomic E-state index is 12.7. The first-order valence-corrected chi connectivity index (χ1v) is 9.10. The fraction of sp³-hybridized carbons (Fsp3) is 0.333. The molecule has 5 nitrogen and oxygen atoms in total. The highest BCUT2D eigenvalue weighted by molar-refractivity contribution is 5.92. The first-order chi connectivity index (χ1) is 12.7. The van der Waals surface area contributed by atoms with Crippen LogP contribution in [0.3, 0.4) is 0 Å².